The summed E-state index contributed by atoms with van der Waals surface area (Å²) in [5.41, 5.74) is -0.538. The molecule has 0 aromatic carbocycles. The number of hydrogen-bond acceptors (Lipinski definition) is 3. The predicted octanol–water partition coefficient (Wildman–Crippen LogP) is 3.01. The summed E-state index contributed by atoms with van der Waals surface area (Å²) in [5.74, 6) is 0.834. The molecule has 0 saturated heterocycles. The molecule has 1 unspecified atom stereocenters. The van der Waals surface area contributed by atoms with Crippen LogP contribution in [0.4, 0.5) is 0 Å². The van der Waals surface area contributed by atoms with Gasteiger partial charge in [-0.05, 0) is 57.3 Å². The molecule has 1 atom stereocenters. The monoisotopic (exact) mass is 297 g/mol. The van der Waals surface area contributed by atoms with Crippen molar-refractivity contribution in [1.82, 2.24) is 4.90 Å². The van der Waals surface area contributed by atoms with Crippen LogP contribution in [0.1, 0.15) is 52.4 Å². The molecule has 0 aliphatic heterocycles. The Morgan fingerprint density at radius 1 is 1.33 bits per heavy atom. The van der Waals surface area contributed by atoms with Gasteiger partial charge in [-0.15, -0.1) is 0 Å². The lowest BCUT2D eigenvalue weighted by Crippen LogP contribution is -2.49. The van der Waals surface area contributed by atoms with Crippen LogP contribution >= 0.6 is 0 Å². The van der Waals surface area contributed by atoms with Crippen molar-refractivity contribution in [1.29, 1.82) is 0 Å². The fourth-order valence-electron chi connectivity index (χ4n) is 3.66. The Hall–Kier alpha value is -0.610. The smallest absolute Gasteiger partial charge is 0.310 e. The minimum atomic E-state index is -0.597. The van der Waals surface area contributed by atoms with Crippen LogP contribution in [0.5, 0.6) is 0 Å². The van der Waals surface area contributed by atoms with Crippen molar-refractivity contribution < 1.29 is 14.6 Å². The molecule has 0 bridgehead atoms. The van der Waals surface area contributed by atoms with Crippen molar-refractivity contribution >= 4 is 5.97 Å². The molecule has 0 heterocycles. The fourth-order valence-corrected chi connectivity index (χ4v) is 3.66. The Kier molecular flexibility index (Phi) is 5.67. The molecule has 2 aliphatic carbocycles. The van der Waals surface area contributed by atoms with E-state index in [-0.39, 0.29) is 0 Å². The topological polar surface area (TPSA) is 49.8 Å². The van der Waals surface area contributed by atoms with Crippen LogP contribution in [-0.2, 0) is 9.53 Å². The predicted molar refractivity (Wildman–Crippen MR) is 83.3 cm³/mol. The minimum absolute atomic E-state index is 0.482. The van der Waals surface area contributed by atoms with E-state index in [0.29, 0.717) is 25.1 Å². The van der Waals surface area contributed by atoms with E-state index in [2.05, 4.69) is 18.7 Å². The molecular formula is C17H31NO3. The molecule has 0 aromatic rings. The minimum Gasteiger partial charge on any atom is -0.481 e. The molecule has 0 spiro atoms. The Labute approximate surface area is 128 Å². The van der Waals surface area contributed by atoms with Crippen LogP contribution in [0.25, 0.3) is 0 Å². The number of carbonyl (C=O) groups is 1. The SMILES string of the molecule is COCCN(CC1(C(=O)O)CCC(C)CC1)C(C)C1CC1. The van der Waals surface area contributed by atoms with E-state index in [0.717, 1.165) is 38.1 Å². The van der Waals surface area contributed by atoms with Gasteiger partial charge in [0.2, 0.25) is 0 Å². The molecule has 122 valence electrons. The van der Waals surface area contributed by atoms with Gasteiger partial charge < -0.3 is 9.84 Å². The highest BCUT2D eigenvalue weighted by atomic mass is 16.5. The van der Waals surface area contributed by atoms with Gasteiger partial charge >= 0.3 is 5.97 Å². The molecule has 1 N–H and O–H groups in total. The molecular weight excluding hydrogens is 266 g/mol. The van der Waals surface area contributed by atoms with Crippen LogP contribution in [0.15, 0.2) is 0 Å². The highest BCUT2D eigenvalue weighted by Crippen LogP contribution is 2.42. The summed E-state index contributed by atoms with van der Waals surface area (Å²) in [6.45, 7) is 6.72. The molecule has 2 rings (SSSR count). The maximum atomic E-state index is 11.9. The third-order valence-corrected chi connectivity index (χ3v) is 5.65. The van der Waals surface area contributed by atoms with E-state index in [4.69, 9.17) is 4.74 Å². The zero-order chi connectivity index (χ0) is 15.5. The largest absolute Gasteiger partial charge is 0.481 e. The standard InChI is InChI=1S/C17H31NO3/c1-13-6-8-17(9-7-13,16(19)20)12-18(10-11-21-3)14(2)15-4-5-15/h13-15H,4-12H2,1-3H3,(H,19,20). The second-order valence-corrected chi connectivity index (χ2v) is 7.31. The van der Waals surface area contributed by atoms with Crippen LogP contribution in [0.3, 0.4) is 0 Å². The normalized spacial score (nSPS) is 31.3. The zero-order valence-corrected chi connectivity index (χ0v) is 13.8. The maximum Gasteiger partial charge on any atom is 0.310 e. The number of aliphatic carboxylic acids is 1. The zero-order valence-electron chi connectivity index (χ0n) is 13.8. The van der Waals surface area contributed by atoms with Gasteiger partial charge in [-0.2, -0.15) is 0 Å². The lowest BCUT2D eigenvalue weighted by Gasteiger charge is -2.41. The summed E-state index contributed by atoms with van der Waals surface area (Å²) in [7, 11) is 1.72. The Morgan fingerprint density at radius 2 is 1.95 bits per heavy atom. The van der Waals surface area contributed by atoms with E-state index in [9.17, 15) is 9.90 Å². The van der Waals surface area contributed by atoms with Gasteiger partial charge in [-0.25, -0.2) is 0 Å². The van der Waals surface area contributed by atoms with Crippen molar-refractivity contribution in [2.45, 2.75) is 58.4 Å². The average Bonchev–Trinajstić information content (AvgIpc) is 3.29. The Morgan fingerprint density at radius 3 is 2.43 bits per heavy atom. The molecule has 0 amide bonds. The lowest BCUT2D eigenvalue weighted by molar-refractivity contribution is -0.153. The number of carboxylic acid groups (broad SMARTS) is 1. The summed E-state index contributed by atoms with van der Waals surface area (Å²) < 4.78 is 5.23. The number of hydrogen-bond donors (Lipinski definition) is 1. The number of rotatable bonds is 8. The van der Waals surface area contributed by atoms with Gasteiger partial charge in [-0.3, -0.25) is 9.69 Å². The first-order chi connectivity index (χ1) is 9.98. The van der Waals surface area contributed by atoms with Gasteiger partial charge in [0.25, 0.3) is 0 Å². The molecule has 2 saturated carbocycles. The number of ether oxygens (including phenoxy) is 1. The molecule has 4 nitrogen and oxygen atoms in total. The van der Waals surface area contributed by atoms with Gasteiger partial charge in [0.1, 0.15) is 0 Å². The van der Waals surface area contributed by atoms with Crippen LogP contribution in [0, 0.1) is 17.3 Å². The second-order valence-electron chi connectivity index (χ2n) is 7.31. The second kappa shape index (κ2) is 7.10. The van der Waals surface area contributed by atoms with Crippen LogP contribution in [0.2, 0.25) is 0 Å². The van der Waals surface area contributed by atoms with Crippen molar-refractivity contribution in [3.8, 4) is 0 Å². The Balaban J connectivity index is 2.05. The first-order valence-corrected chi connectivity index (χ1v) is 8.45. The lowest BCUT2D eigenvalue weighted by atomic mass is 9.70. The summed E-state index contributed by atoms with van der Waals surface area (Å²) in [6.07, 6.45) is 6.32. The van der Waals surface area contributed by atoms with Gasteiger partial charge in [-0.1, -0.05) is 6.92 Å². The van der Waals surface area contributed by atoms with E-state index in [1.54, 1.807) is 7.11 Å². The molecule has 4 heteroatoms. The fraction of sp³-hybridized carbons (Fsp3) is 0.941. The molecule has 21 heavy (non-hydrogen) atoms. The van der Waals surface area contributed by atoms with Crippen LogP contribution < -0.4 is 0 Å². The summed E-state index contributed by atoms with van der Waals surface area (Å²) in [4.78, 5) is 14.3. The van der Waals surface area contributed by atoms with Gasteiger partial charge in [0.15, 0.2) is 0 Å². The van der Waals surface area contributed by atoms with Gasteiger partial charge in [0, 0.05) is 26.2 Å². The highest BCUT2D eigenvalue weighted by molar-refractivity contribution is 5.75. The summed E-state index contributed by atoms with van der Waals surface area (Å²) in [6, 6.07) is 0.482. The third kappa shape index (κ3) is 4.19. The van der Waals surface area contributed by atoms with E-state index in [1.807, 2.05) is 0 Å². The van der Waals surface area contributed by atoms with Crippen molar-refractivity contribution in [3.63, 3.8) is 0 Å². The summed E-state index contributed by atoms with van der Waals surface area (Å²) in [5, 5.41) is 9.83. The first kappa shape index (κ1) is 16.8. The van der Waals surface area contributed by atoms with Crippen LogP contribution in [-0.4, -0.2) is 48.8 Å². The Bertz CT molecular complexity index is 346. The van der Waals surface area contributed by atoms with Gasteiger partial charge in [0.05, 0.1) is 12.0 Å². The maximum absolute atomic E-state index is 11.9. The van der Waals surface area contributed by atoms with E-state index < -0.39 is 11.4 Å². The average molecular weight is 297 g/mol. The van der Waals surface area contributed by atoms with Crippen molar-refractivity contribution in [2.24, 2.45) is 17.3 Å². The summed E-state index contributed by atoms with van der Waals surface area (Å²) >= 11 is 0. The number of nitrogens with zero attached hydrogens (tertiary/aromatic N) is 1. The first-order valence-electron chi connectivity index (χ1n) is 8.45. The molecule has 2 fully saturated rings. The number of methoxy groups -OCH3 is 1. The third-order valence-electron chi connectivity index (χ3n) is 5.65. The number of carboxylic acids is 1. The molecule has 0 radical (unpaired) electrons. The van der Waals surface area contributed by atoms with Crippen molar-refractivity contribution in [3.05, 3.63) is 0 Å². The van der Waals surface area contributed by atoms with Crippen molar-refractivity contribution in [2.75, 3.05) is 26.8 Å². The molecule has 2 aliphatic rings. The highest BCUT2D eigenvalue weighted by Gasteiger charge is 2.44. The quantitative estimate of drug-likeness (QED) is 0.748. The molecule has 0 aromatic heterocycles. The van der Waals surface area contributed by atoms with E-state index in [1.165, 1.54) is 12.8 Å². The van der Waals surface area contributed by atoms with E-state index >= 15 is 0 Å².